The van der Waals surface area contributed by atoms with Crippen LogP contribution in [-0.4, -0.2) is 0 Å². The van der Waals surface area contributed by atoms with Gasteiger partial charge in [0.05, 0.1) is 15.4 Å². The Balaban J connectivity index is 2.79. The van der Waals surface area contributed by atoms with Gasteiger partial charge in [-0.05, 0) is 34.2 Å². The zero-order valence-corrected chi connectivity index (χ0v) is 11.0. The lowest BCUT2D eigenvalue weighted by Crippen LogP contribution is -1.82. The third-order valence-electron chi connectivity index (χ3n) is 2.00. The van der Waals surface area contributed by atoms with Crippen molar-refractivity contribution in [3.05, 3.63) is 26.6 Å². The highest BCUT2D eigenvalue weighted by atomic mass is 127. The minimum atomic E-state index is 0.456. The van der Waals surface area contributed by atoms with Crippen molar-refractivity contribution in [2.24, 2.45) is 0 Å². The van der Waals surface area contributed by atoms with E-state index in [0.717, 1.165) is 15.8 Å². The van der Waals surface area contributed by atoms with Crippen LogP contribution < -0.4 is 0 Å². The molecule has 0 bridgehead atoms. The Morgan fingerprint density at radius 2 is 2.29 bits per heavy atom. The van der Waals surface area contributed by atoms with Crippen LogP contribution in [0.3, 0.4) is 0 Å². The second-order valence-corrected chi connectivity index (χ2v) is 6.16. The van der Waals surface area contributed by atoms with E-state index in [1.54, 1.807) is 11.3 Å². The molecule has 0 aliphatic carbocycles. The van der Waals surface area contributed by atoms with Gasteiger partial charge in [-0.2, -0.15) is 5.26 Å². The first-order valence-corrected chi connectivity index (χ1v) is 6.34. The second-order valence-electron chi connectivity index (χ2n) is 2.85. The molecular formula is C10H6INS2. The summed E-state index contributed by atoms with van der Waals surface area (Å²) >= 11 is 8.47. The van der Waals surface area contributed by atoms with Gasteiger partial charge in [0.25, 0.3) is 0 Å². The molecule has 2 rings (SSSR count). The summed E-state index contributed by atoms with van der Waals surface area (Å²) in [4.78, 5) is 1.01. The Kier molecular flexibility index (Phi) is 3.00. The Morgan fingerprint density at radius 3 is 3.00 bits per heavy atom. The molecule has 70 valence electrons. The van der Waals surface area contributed by atoms with E-state index in [1.165, 1.54) is 7.58 Å². The Labute approximate surface area is 105 Å². The lowest BCUT2D eigenvalue weighted by atomic mass is 10.1. The molecule has 0 spiro atoms. The minimum absolute atomic E-state index is 0.456. The van der Waals surface area contributed by atoms with E-state index in [2.05, 4.69) is 47.4 Å². The zero-order valence-electron chi connectivity index (χ0n) is 7.12. The van der Waals surface area contributed by atoms with Gasteiger partial charge in [-0.25, -0.2) is 0 Å². The number of rotatable bonds is 1. The van der Waals surface area contributed by atoms with Gasteiger partial charge in [0.1, 0.15) is 0 Å². The fourth-order valence-electron chi connectivity index (χ4n) is 1.41. The summed E-state index contributed by atoms with van der Waals surface area (Å²) in [7, 11) is 0. The molecule has 0 saturated heterocycles. The molecular weight excluding hydrogens is 325 g/mol. The standard InChI is InChI=1S/C10H6INS2/c11-10-9(13)8-6(4-5-12)2-1-3-7(8)14-10/h1-3,13H,4H2. The minimum Gasteiger partial charge on any atom is -0.198 e. The summed E-state index contributed by atoms with van der Waals surface area (Å²) in [6.45, 7) is 0. The largest absolute Gasteiger partial charge is 0.198 e. The monoisotopic (exact) mass is 331 g/mol. The topological polar surface area (TPSA) is 23.8 Å². The summed E-state index contributed by atoms with van der Waals surface area (Å²) < 4.78 is 2.40. The molecule has 0 atom stereocenters. The van der Waals surface area contributed by atoms with Crippen molar-refractivity contribution in [1.29, 1.82) is 5.26 Å². The first kappa shape index (κ1) is 10.3. The molecule has 0 aliphatic heterocycles. The predicted octanol–water partition coefficient (Wildman–Crippen LogP) is 3.86. The molecule has 0 radical (unpaired) electrons. The van der Waals surface area contributed by atoms with Gasteiger partial charge >= 0.3 is 0 Å². The van der Waals surface area contributed by atoms with E-state index in [9.17, 15) is 0 Å². The molecule has 1 aromatic carbocycles. The smallest absolute Gasteiger partial charge is 0.0799 e. The molecule has 0 saturated carbocycles. The van der Waals surface area contributed by atoms with Crippen LogP contribution in [0, 0.1) is 14.2 Å². The first-order valence-electron chi connectivity index (χ1n) is 4.00. The highest BCUT2D eigenvalue weighted by Gasteiger charge is 2.10. The molecule has 0 aliphatic rings. The summed E-state index contributed by atoms with van der Waals surface area (Å²) in [5.74, 6) is 0. The summed E-state index contributed by atoms with van der Waals surface area (Å²) in [6, 6.07) is 8.24. The van der Waals surface area contributed by atoms with Gasteiger partial charge in [-0.1, -0.05) is 12.1 Å². The molecule has 14 heavy (non-hydrogen) atoms. The number of halogens is 1. The van der Waals surface area contributed by atoms with E-state index in [4.69, 9.17) is 5.26 Å². The van der Waals surface area contributed by atoms with Crippen molar-refractivity contribution in [3.8, 4) is 6.07 Å². The first-order chi connectivity index (χ1) is 6.74. The van der Waals surface area contributed by atoms with Crippen molar-refractivity contribution in [3.63, 3.8) is 0 Å². The highest BCUT2D eigenvalue weighted by Crippen LogP contribution is 2.36. The maximum absolute atomic E-state index is 8.70. The Bertz CT molecular complexity index is 525. The third-order valence-corrected chi connectivity index (χ3v) is 5.17. The van der Waals surface area contributed by atoms with Crippen LogP contribution in [-0.2, 0) is 6.42 Å². The molecule has 2 aromatic rings. The quantitative estimate of drug-likeness (QED) is 0.623. The number of thiol groups is 1. The van der Waals surface area contributed by atoms with Crippen LogP contribution in [0.1, 0.15) is 5.56 Å². The maximum atomic E-state index is 8.70. The second kappa shape index (κ2) is 4.09. The van der Waals surface area contributed by atoms with Crippen LogP contribution in [0.4, 0.5) is 0 Å². The molecule has 1 nitrogen and oxygen atoms in total. The number of hydrogen-bond acceptors (Lipinski definition) is 3. The van der Waals surface area contributed by atoms with E-state index in [1.807, 2.05) is 12.1 Å². The Hall–Kier alpha value is -0.250. The molecule has 4 heteroatoms. The van der Waals surface area contributed by atoms with Crippen LogP contribution >= 0.6 is 46.6 Å². The fraction of sp³-hybridized carbons (Fsp3) is 0.100. The number of hydrogen-bond donors (Lipinski definition) is 1. The number of benzene rings is 1. The average Bonchev–Trinajstić information content (AvgIpc) is 2.45. The molecule has 1 aromatic heterocycles. The molecule has 0 fully saturated rings. The molecule has 0 unspecified atom stereocenters. The molecule has 0 amide bonds. The van der Waals surface area contributed by atoms with Gasteiger partial charge in [-0.15, -0.1) is 24.0 Å². The van der Waals surface area contributed by atoms with Crippen molar-refractivity contribution in [2.45, 2.75) is 11.3 Å². The molecule has 1 heterocycles. The van der Waals surface area contributed by atoms with E-state index in [0.29, 0.717) is 6.42 Å². The lowest BCUT2D eigenvalue weighted by Gasteiger charge is -1.98. The summed E-state index contributed by atoms with van der Waals surface area (Å²) in [5, 5.41) is 9.85. The molecule has 0 N–H and O–H groups in total. The van der Waals surface area contributed by atoms with Crippen LogP contribution in [0.25, 0.3) is 10.1 Å². The van der Waals surface area contributed by atoms with E-state index >= 15 is 0 Å². The van der Waals surface area contributed by atoms with Crippen molar-refractivity contribution < 1.29 is 0 Å². The average molecular weight is 331 g/mol. The normalized spacial score (nSPS) is 10.4. The summed E-state index contributed by atoms with van der Waals surface area (Å²) in [6.07, 6.45) is 0.456. The third kappa shape index (κ3) is 1.64. The van der Waals surface area contributed by atoms with Crippen LogP contribution in [0.15, 0.2) is 23.1 Å². The van der Waals surface area contributed by atoms with Crippen LogP contribution in [0.5, 0.6) is 0 Å². The van der Waals surface area contributed by atoms with Gasteiger partial charge < -0.3 is 0 Å². The Morgan fingerprint density at radius 1 is 1.50 bits per heavy atom. The van der Waals surface area contributed by atoms with Crippen molar-refractivity contribution in [1.82, 2.24) is 0 Å². The number of thiophene rings is 1. The lowest BCUT2D eigenvalue weighted by molar-refractivity contribution is 1.28. The zero-order chi connectivity index (χ0) is 10.1. The number of nitrogens with zero attached hydrogens (tertiary/aromatic N) is 1. The van der Waals surface area contributed by atoms with Gasteiger partial charge in [-0.3, -0.25) is 0 Å². The van der Waals surface area contributed by atoms with Gasteiger partial charge in [0.2, 0.25) is 0 Å². The fourth-order valence-corrected chi connectivity index (χ4v) is 3.74. The van der Waals surface area contributed by atoms with Crippen molar-refractivity contribution >= 4 is 56.6 Å². The highest BCUT2D eigenvalue weighted by molar-refractivity contribution is 14.1. The van der Waals surface area contributed by atoms with Gasteiger partial charge in [0, 0.05) is 15.0 Å². The summed E-state index contributed by atoms with van der Waals surface area (Å²) in [5.41, 5.74) is 1.08. The maximum Gasteiger partial charge on any atom is 0.0799 e. The van der Waals surface area contributed by atoms with E-state index in [-0.39, 0.29) is 0 Å². The SMILES string of the molecule is N#CCc1cccc2sc(I)c(S)c12. The van der Waals surface area contributed by atoms with Crippen molar-refractivity contribution in [2.75, 3.05) is 0 Å². The predicted molar refractivity (Wildman–Crippen MR) is 71.1 cm³/mol. The number of fused-ring (bicyclic) bond motifs is 1. The van der Waals surface area contributed by atoms with Crippen LogP contribution in [0.2, 0.25) is 0 Å². The number of nitriles is 1. The van der Waals surface area contributed by atoms with E-state index < -0.39 is 0 Å². The van der Waals surface area contributed by atoms with Gasteiger partial charge in [0.15, 0.2) is 0 Å².